The minimum atomic E-state index is -8.03. The molecule has 0 aromatic carbocycles. The molecule has 1 nitrogen and oxygen atoms in total. The molecule has 1 aliphatic heterocycles. The summed E-state index contributed by atoms with van der Waals surface area (Å²) in [6.45, 7) is -1.01. The zero-order chi connectivity index (χ0) is 39.1. The molecule has 288 valence electrons. The van der Waals surface area contributed by atoms with E-state index in [1.807, 2.05) is 0 Å². The van der Waals surface area contributed by atoms with Crippen LogP contribution < -0.4 is 0 Å². The zero-order valence-electron chi connectivity index (χ0n) is 24.1. The highest BCUT2D eigenvalue weighted by Crippen LogP contribution is 2.62. The summed E-state index contributed by atoms with van der Waals surface area (Å²) in [4.78, 5) is -0.284. The van der Waals surface area contributed by atoms with E-state index in [-0.39, 0.29) is 4.90 Å². The maximum atomic E-state index is 14.8. The number of nitrogens with zero attached hydrogens (tertiary/aromatic N) is 1. The number of rotatable bonds is 14. The highest BCUT2D eigenvalue weighted by Gasteiger charge is 2.89. The van der Waals surface area contributed by atoms with Gasteiger partial charge in [0.05, 0.1) is 6.54 Å². The Balaban J connectivity index is 3.66. The maximum Gasteiger partial charge on any atom is 0.384 e. The first-order valence-corrected chi connectivity index (χ1v) is 12.7. The third-order valence-corrected chi connectivity index (χ3v) is 8.27. The smallest absolute Gasteiger partial charge is 0.287 e. The molecule has 0 spiro atoms. The van der Waals surface area contributed by atoms with Gasteiger partial charge in [0, 0.05) is 17.5 Å². The van der Waals surface area contributed by atoms with E-state index < -0.39 is 115 Å². The Morgan fingerprint density at radius 3 is 1.12 bits per heavy atom. The summed E-state index contributed by atoms with van der Waals surface area (Å²) < 4.78 is 328. The summed E-state index contributed by atoms with van der Waals surface area (Å²) in [5.74, 6) is -78.1. The molecule has 1 heterocycles. The summed E-state index contributed by atoms with van der Waals surface area (Å²) in [5.41, 5.74) is -5.17. The molecule has 1 atom stereocenters. The second-order valence-electron chi connectivity index (χ2n) is 12.2. The van der Waals surface area contributed by atoms with Crippen molar-refractivity contribution in [2.75, 3.05) is 6.54 Å². The minimum Gasteiger partial charge on any atom is -0.287 e. The van der Waals surface area contributed by atoms with Crippen molar-refractivity contribution in [3.8, 4) is 0 Å². The van der Waals surface area contributed by atoms with Crippen molar-refractivity contribution in [2.45, 2.75) is 130 Å². The first-order chi connectivity index (χ1) is 20.5. The van der Waals surface area contributed by atoms with Gasteiger partial charge in [-0.05, 0) is 46.5 Å². The van der Waals surface area contributed by atoms with Crippen LogP contribution in [-0.4, -0.2) is 94.6 Å². The van der Waals surface area contributed by atoms with Crippen LogP contribution in [0.2, 0.25) is 0 Å². The summed E-state index contributed by atoms with van der Waals surface area (Å²) in [6, 6.07) is 0. The predicted molar refractivity (Wildman–Crippen MR) is 114 cm³/mol. The van der Waals surface area contributed by atoms with Crippen LogP contribution in [0.25, 0.3) is 0 Å². The van der Waals surface area contributed by atoms with Gasteiger partial charge in [0.25, 0.3) is 0 Å². The summed E-state index contributed by atoms with van der Waals surface area (Å²) >= 11 is 0. The largest absolute Gasteiger partial charge is 0.384 e. The molecule has 0 aromatic heterocycles. The van der Waals surface area contributed by atoms with Gasteiger partial charge in [-0.2, -0.15) is 87.8 Å². The van der Waals surface area contributed by atoms with Gasteiger partial charge < -0.3 is 0 Å². The van der Waals surface area contributed by atoms with Crippen LogP contribution in [0.1, 0.15) is 47.0 Å². The second-order valence-corrected chi connectivity index (χ2v) is 12.2. The van der Waals surface area contributed by atoms with Crippen LogP contribution in [0, 0.1) is 5.92 Å². The van der Waals surface area contributed by atoms with Crippen LogP contribution in [0.4, 0.5) is 105 Å². The number of alkyl halides is 24. The van der Waals surface area contributed by atoms with Gasteiger partial charge in [-0.25, -0.2) is 17.6 Å². The van der Waals surface area contributed by atoms with Crippen molar-refractivity contribution in [1.29, 1.82) is 0 Å². The van der Waals surface area contributed by atoms with Crippen LogP contribution in [0.5, 0.6) is 0 Å². The Hall–Kier alpha value is -1.72. The summed E-state index contributed by atoms with van der Waals surface area (Å²) in [7, 11) is 0. The van der Waals surface area contributed by atoms with E-state index in [0.717, 1.165) is 0 Å². The standard InChI is InChI=1S/C23H23F24N/c1-12(2)6-5-9(7-14(28,29)18(36,37)22(44,45)20(40,41)16(32,33)10(24)25)13(3,4)48(12)8-15(30,31)19(38,39)23(46,47)21(42,43)17(34,35)11(26)27/h9-11H,5-8H2,1-4H3. The lowest BCUT2D eigenvalue weighted by molar-refractivity contribution is -0.416. The van der Waals surface area contributed by atoms with Gasteiger partial charge in [-0.1, -0.05) is 0 Å². The summed E-state index contributed by atoms with van der Waals surface area (Å²) in [6.07, 6.45) is -16.7. The van der Waals surface area contributed by atoms with Gasteiger partial charge in [0.15, 0.2) is 0 Å². The van der Waals surface area contributed by atoms with E-state index in [0.29, 0.717) is 27.7 Å². The molecule has 1 unspecified atom stereocenters. The van der Waals surface area contributed by atoms with Crippen molar-refractivity contribution in [1.82, 2.24) is 4.90 Å². The third kappa shape index (κ3) is 6.13. The molecule has 1 fully saturated rings. The quantitative estimate of drug-likeness (QED) is 0.159. The maximum absolute atomic E-state index is 14.8. The first-order valence-electron chi connectivity index (χ1n) is 12.7. The van der Waals surface area contributed by atoms with Crippen molar-refractivity contribution in [2.24, 2.45) is 5.92 Å². The average molecular weight is 769 g/mol. The zero-order valence-corrected chi connectivity index (χ0v) is 24.1. The van der Waals surface area contributed by atoms with Crippen molar-refractivity contribution >= 4 is 0 Å². The molecule has 0 N–H and O–H groups in total. The number of piperidine rings is 1. The molecule has 48 heavy (non-hydrogen) atoms. The van der Waals surface area contributed by atoms with Gasteiger partial charge >= 0.3 is 72.1 Å². The summed E-state index contributed by atoms with van der Waals surface area (Å²) in [5, 5.41) is 0. The van der Waals surface area contributed by atoms with E-state index in [9.17, 15) is 105 Å². The fourth-order valence-corrected chi connectivity index (χ4v) is 5.07. The minimum absolute atomic E-state index is 0.284. The molecule has 0 aliphatic carbocycles. The Labute approximate surface area is 253 Å². The third-order valence-electron chi connectivity index (χ3n) is 8.27. The molecule has 0 aromatic rings. The molecular weight excluding hydrogens is 746 g/mol. The predicted octanol–water partition coefficient (Wildman–Crippen LogP) is 10.5. The molecule has 0 saturated carbocycles. The van der Waals surface area contributed by atoms with E-state index in [1.165, 1.54) is 0 Å². The van der Waals surface area contributed by atoms with Gasteiger partial charge in [0.2, 0.25) is 0 Å². The molecule has 1 saturated heterocycles. The van der Waals surface area contributed by atoms with Crippen LogP contribution >= 0.6 is 0 Å². The van der Waals surface area contributed by atoms with E-state index in [2.05, 4.69) is 0 Å². The Morgan fingerprint density at radius 1 is 0.500 bits per heavy atom. The molecular formula is C23H23F24N. The monoisotopic (exact) mass is 769 g/mol. The van der Waals surface area contributed by atoms with E-state index in [4.69, 9.17) is 0 Å². The number of likely N-dealkylation sites (tertiary alicyclic amines) is 1. The average Bonchev–Trinajstić information content (AvgIpc) is 2.87. The molecule has 25 heteroatoms. The van der Waals surface area contributed by atoms with E-state index >= 15 is 0 Å². The second kappa shape index (κ2) is 11.9. The first kappa shape index (κ1) is 44.3. The van der Waals surface area contributed by atoms with Gasteiger partial charge in [-0.3, -0.25) is 4.90 Å². The molecule has 1 rings (SSSR count). The van der Waals surface area contributed by atoms with Crippen LogP contribution in [0.15, 0.2) is 0 Å². The van der Waals surface area contributed by atoms with Crippen LogP contribution in [-0.2, 0) is 0 Å². The number of halogens is 24. The topological polar surface area (TPSA) is 3.24 Å². The van der Waals surface area contributed by atoms with Crippen molar-refractivity contribution < 1.29 is 105 Å². The Bertz CT molecular complexity index is 1140. The lowest BCUT2D eigenvalue weighted by Crippen LogP contribution is -2.73. The Morgan fingerprint density at radius 2 is 0.812 bits per heavy atom. The van der Waals surface area contributed by atoms with Crippen molar-refractivity contribution in [3.63, 3.8) is 0 Å². The molecule has 0 radical (unpaired) electrons. The molecule has 0 amide bonds. The number of hydrogen-bond acceptors (Lipinski definition) is 1. The fraction of sp³-hybridized carbons (Fsp3) is 1.00. The molecule has 1 aliphatic rings. The van der Waals surface area contributed by atoms with E-state index in [1.54, 1.807) is 0 Å². The lowest BCUT2D eigenvalue weighted by Gasteiger charge is -2.58. The normalized spacial score (nSPS) is 21.8. The number of hydrogen-bond donors (Lipinski definition) is 0. The fourth-order valence-electron chi connectivity index (χ4n) is 5.07. The van der Waals surface area contributed by atoms with Crippen LogP contribution in [0.3, 0.4) is 0 Å². The molecule has 0 bridgehead atoms. The highest BCUT2D eigenvalue weighted by molar-refractivity contribution is 5.14. The highest BCUT2D eigenvalue weighted by atomic mass is 19.4. The Kier molecular flexibility index (Phi) is 11.0. The van der Waals surface area contributed by atoms with Gasteiger partial charge in [0.1, 0.15) is 0 Å². The van der Waals surface area contributed by atoms with Gasteiger partial charge in [-0.15, -0.1) is 0 Å². The SMILES string of the molecule is CC1(C)CCC(CC(F)(F)C(F)(F)C(F)(F)C(F)(F)C(F)(F)C(F)F)C(C)(C)N1CC(F)(F)C(F)(F)C(F)(F)C(F)(F)C(F)(F)C(F)F. The lowest BCUT2D eigenvalue weighted by atomic mass is 9.69. The van der Waals surface area contributed by atoms with Crippen molar-refractivity contribution in [3.05, 3.63) is 0 Å².